The quantitative estimate of drug-likeness (QED) is 0.384. The van der Waals surface area contributed by atoms with Gasteiger partial charge in [0.1, 0.15) is 5.76 Å². The van der Waals surface area contributed by atoms with E-state index in [0.29, 0.717) is 5.76 Å². The van der Waals surface area contributed by atoms with Crippen molar-refractivity contribution < 1.29 is 13.9 Å². The number of rotatable bonds is 2. The maximum Gasteiger partial charge on any atom is 0.373 e. The van der Waals surface area contributed by atoms with Crippen molar-refractivity contribution in [1.82, 2.24) is 0 Å². The molecule has 0 unspecified atom stereocenters. The Hall–Kier alpha value is -3.07. The third-order valence-electron chi connectivity index (χ3n) is 4.01. The molecule has 23 heavy (non-hydrogen) atoms. The van der Waals surface area contributed by atoms with E-state index in [2.05, 4.69) is 30.3 Å². The second kappa shape index (κ2) is 5.29. The van der Waals surface area contributed by atoms with Crippen LogP contribution in [-0.4, -0.2) is 13.1 Å². The molecule has 3 heteroatoms. The van der Waals surface area contributed by atoms with E-state index in [1.165, 1.54) is 7.11 Å². The zero-order valence-corrected chi connectivity index (χ0v) is 12.6. The van der Waals surface area contributed by atoms with Crippen molar-refractivity contribution in [2.24, 2.45) is 0 Å². The molecule has 0 saturated carbocycles. The van der Waals surface area contributed by atoms with Gasteiger partial charge in [-0.05, 0) is 39.7 Å². The van der Waals surface area contributed by atoms with Gasteiger partial charge in [-0.1, -0.05) is 48.5 Å². The molecule has 0 atom stereocenters. The molecule has 0 spiro atoms. The fraction of sp³-hybridized carbons (Fsp3) is 0.0500. The van der Waals surface area contributed by atoms with Crippen LogP contribution in [-0.2, 0) is 4.74 Å². The molecule has 0 aliphatic rings. The second-order valence-electron chi connectivity index (χ2n) is 5.35. The number of benzene rings is 3. The lowest BCUT2D eigenvalue weighted by Crippen LogP contribution is -1.98. The van der Waals surface area contributed by atoms with Gasteiger partial charge >= 0.3 is 5.97 Å². The van der Waals surface area contributed by atoms with E-state index in [9.17, 15) is 4.79 Å². The minimum absolute atomic E-state index is 0.208. The number of esters is 1. The van der Waals surface area contributed by atoms with E-state index in [1.54, 1.807) is 6.07 Å². The van der Waals surface area contributed by atoms with E-state index in [4.69, 9.17) is 9.15 Å². The lowest BCUT2D eigenvalue weighted by atomic mass is 9.95. The standard InChI is InChI=1S/C20H14O3/c1-22-20(21)18-11-10-17(23-18)19-15-8-4-2-6-13(15)12-14-7-3-5-9-16(14)19/h2-12H,1H3. The average Bonchev–Trinajstić information content (AvgIpc) is 3.08. The van der Waals surface area contributed by atoms with E-state index < -0.39 is 5.97 Å². The molecule has 0 bridgehead atoms. The molecule has 4 aromatic rings. The largest absolute Gasteiger partial charge is 0.463 e. The molecule has 0 saturated heterocycles. The summed E-state index contributed by atoms with van der Waals surface area (Å²) in [5.41, 5.74) is 0.994. The van der Waals surface area contributed by atoms with Gasteiger partial charge in [-0.2, -0.15) is 0 Å². The molecule has 3 aromatic carbocycles. The van der Waals surface area contributed by atoms with Gasteiger partial charge in [0, 0.05) is 5.56 Å². The highest BCUT2D eigenvalue weighted by molar-refractivity contribution is 6.11. The van der Waals surface area contributed by atoms with Crippen molar-refractivity contribution >= 4 is 27.5 Å². The molecule has 0 amide bonds. The number of furan rings is 1. The van der Waals surface area contributed by atoms with Crippen LogP contribution < -0.4 is 0 Å². The Balaban J connectivity index is 2.07. The Morgan fingerprint density at radius 3 is 2.09 bits per heavy atom. The number of carbonyl (C=O) groups is 1. The van der Waals surface area contributed by atoms with Gasteiger partial charge in [0.05, 0.1) is 7.11 Å². The minimum Gasteiger partial charge on any atom is -0.463 e. The van der Waals surface area contributed by atoms with Crippen molar-refractivity contribution in [3.63, 3.8) is 0 Å². The van der Waals surface area contributed by atoms with Crippen molar-refractivity contribution in [2.75, 3.05) is 7.11 Å². The molecule has 1 heterocycles. The topological polar surface area (TPSA) is 39.4 Å². The zero-order chi connectivity index (χ0) is 15.8. The molecule has 0 aliphatic carbocycles. The average molecular weight is 302 g/mol. The van der Waals surface area contributed by atoms with Gasteiger partial charge in [-0.3, -0.25) is 0 Å². The summed E-state index contributed by atoms with van der Waals surface area (Å²) >= 11 is 0. The van der Waals surface area contributed by atoms with Crippen LogP contribution >= 0.6 is 0 Å². The molecule has 3 nitrogen and oxygen atoms in total. The molecular weight excluding hydrogens is 288 g/mol. The number of hydrogen-bond donors (Lipinski definition) is 0. The first-order valence-electron chi connectivity index (χ1n) is 7.37. The van der Waals surface area contributed by atoms with Crippen LogP contribution in [0, 0.1) is 0 Å². The molecule has 0 N–H and O–H groups in total. The maximum atomic E-state index is 11.7. The molecule has 1 aromatic heterocycles. The Labute approximate surface area is 133 Å². The van der Waals surface area contributed by atoms with Gasteiger partial charge in [0.2, 0.25) is 5.76 Å². The van der Waals surface area contributed by atoms with Crippen LogP contribution in [0.4, 0.5) is 0 Å². The number of fused-ring (bicyclic) bond motifs is 2. The normalized spacial score (nSPS) is 11.0. The van der Waals surface area contributed by atoms with Crippen LogP contribution in [0.2, 0.25) is 0 Å². The van der Waals surface area contributed by atoms with Crippen LogP contribution in [0.1, 0.15) is 10.6 Å². The van der Waals surface area contributed by atoms with Crippen LogP contribution in [0.25, 0.3) is 32.9 Å². The van der Waals surface area contributed by atoms with Crippen molar-refractivity contribution in [2.45, 2.75) is 0 Å². The highest BCUT2D eigenvalue weighted by Crippen LogP contribution is 2.37. The maximum absolute atomic E-state index is 11.7. The van der Waals surface area contributed by atoms with Gasteiger partial charge in [-0.25, -0.2) is 4.79 Å². The lowest BCUT2D eigenvalue weighted by Gasteiger charge is -2.09. The smallest absolute Gasteiger partial charge is 0.373 e. The highest BCUT2D eigenvalue weighted by atomic mass is 16.5. The zero-order valence-electron chi connectivity index (χ0n) is 12.6. The van der Waals surface area contributed by atoms with Crippen molar-refractivity contribution in [3.8, 4) is 11.3 Å². The Morgan fingerprint density at radius 2 is 1.48 bits per heavy atom. The second-order valence-corrected chi connectivity index (χ2v) is 5.35. The van der Waals surface area contributed by atoms with Crippen LogP contribution in [0.15, 0.2) is 71.1 Å². The minimum atomic E-state index is -0.471. The third-order valence-corrected chi connectivity index (χ3v) is 4.01. The molecule has 0 radical (unpaired) electrons. The molecule has 0 fully saturated rings. The Morgan fingerprint density at radius 1 is 0.870 bits per heavy atom. The number of ether oxygens (including phenoxy) is 1. The summed E-state index contributed by atoms with van der Waals surface area (Å²) in [6, 6.07) is 22.0. The molecule has 4 rings (SSSR count). The Kier molecular flexibility index (Phi) is 3.12. The SMILES string of the molecule is COC(=O)c1ccc(-c2c3ccccc3cc3ccccc23)o1. The fourth-order valence-corrected chi connectivity index (χ4v) is 2.96. The predicted molar refractivity (Wildman–Crippen MR) is 90.5 cm³/mol. The van der Waals surface area contributed by atoms with Gasteiger partial charge in [0.15, 0.2) is 0 Å². The van der Waals surface area contributed by atoms with E-state index in [0.717, 1.165) is 27.1 Å². The summed E-state index contributed by atoms with van der Waals surface area (Å²) in [4.78, 5) is 11.7. The molecule has 112 valence electrons. The predicted octanol–water partition coefficient (Wildman–Crippen LogP) is 5.04. The fourth-order valence-electron chi connectivity index (χ4n) is 2.96. The summed E-state index contributed by atoms with van der Waals surface area (Å²) < 4.78 is 10.5. The van der Waals surface area contributed by atoms with E-state index >= 15 is 0 Å². The summed E-state index contributed by atoms with van der Waals surface area (Å²) in [5.74, 6) is 0.402. The Bertz CT molecular complexity index is 973. The van der Waals surface area contributed by atoms with Gasteiger partial charge < -0.3 is 9.15 Å². The van der Waals surface area contributed by atoms with Gasteiger partial charge in [0.25, 0.3) is 0 Å². The van der Waals surface area contributed by atoms with Crippen molar-refractivity contribution in [3.05, 3.63) is 72.5 Å². The van der Waals surface area contributed by atoms with Crippen LogP contribution in [0.3, 0.4) is 0 Å². The summed E-state index contributed by atoms with van der Waals surface area (Å²) in [7, 11) is 1.35. The first-order valence-corrected chi connectivity index (χ1v) is 7.37. The number of carbonyl (C=O) groups excluding carboxylic acids is 1. The monoisotopic (exact) mass is 302 g/mol. The third kappa shape index (κ3) is 2.18. The number of hydrogen-bond acceptors (Lipinski definition) is 3. The van der Waals surface area contributed by atoms with Crippen molar-refractivity contribution in [1.29, 1.82) is 0 Å². The van der Waals surface area contributed by atoms with Crippen LogP contribution in [0.5, 0.6) is 0 Å². The summed E-state index contributed by atoms with van der Waals surface area (Å²) in [6.07, 6.45) is 0. The van der Waals surface area contributed by atoms with Gasteiger partial charge in [-0.15, -0.1) is 0 Å². The molecular formula is C20H14O3. The lowest BCUT2D eigenvalue weighted by molar-refractivity contribution is 0.0566. The van der Waals surface area contributed by atoms with E-state index in [1.807, 2.05) is 30.3 Å². The highest BCUT2D eigenvalue weighted by Gasteiger charge is 2.16. The van der Waals surface area contributed by atoms with E-state index in [-0.39, 0.29) is 5.76 Å². The summed E-state index contributed by atoms with van der Waals surface area (Å²) in [5, 5.41) is 4.46. The summed E-state index contributed by atoms with van der Waals surface area (Å²) in [6.45, 7) is 0. The number of methoxy groups -OCH3 is 1. The first-order chi connectivity index (χ1) is 11.3. The first kappa shape index (κ1) is 13.6. The molecule has 0 aliphatic heterocycles.